The molecule has 0 fully saturated rings. The molecule has 0 bridgehead atoms. The Morgan fingerprint density at radius 2 is 1.89 bits per heavy atom. The summed E-state index contributed by atoms with van der Waals surface area (Å²) in [5.41, 5.74) is 0.362. The highest BCUT2D eigenvalue weighted by Gasteiger charge is 2.38. The van der Waals surface area contributed by atoms with Gasteiger partial charge in [-0.1, -0.05) is 0 Å². The standard InChI is InChI=1S/C12H11F3N4/c13-12(14,15)10-7-3-1-2-4-8(7)17-11(18-10)9-5-6-16-19-9/h5-6H,1-4H2,(H,16,19). The highest BCUT2D eigenvalue weighted by atomic mass is 19.4. The van der Waals surface area contributed by atoms with Gasteiger partial charge in [0.15, 0.2) is 11.5 Å². The van der Waals surface area contributed by atoms with E-state index in [9.17, 15) is 13.2 Å². The molecule has 0 aromatic carbocycles. The predicted molar refractivity (Wildman–Crippen MR) is 61.3 cm³/mol. The fourth-order valence-electron chi connectivity index (χ4n) is 2.33. The number of fused-ring (bicyclic) bond motifs is 1. The molecule has 1 N–H and O–H groups in total. The first-order valence-electron chi connectivity index (χ1n) is 6.02. The van der Waals surface area contributed by atoms with E-state index in [2.05, 4.69) is 20.2 Å². The predicted octanol–water partition coefficient (Wildman–Crippen LogP) is 2.76. The Kier molecular flexibility index (Phi) is 2.76. The monoisotopic (exact) mass is 268 g/mol. The van der Waals surface area contributed by atoms with Crippen LogP contribution in [0.1, 0.15) is 29.8 Å². The first-order chi connectivity index (χ1) is 9.05. The Bertz CT molecular complexity index is 590. The number of hydrogen-bond acceptors (Lipinski definition) is 3. The summed E-state index contributed by atoms with van der Waals surface area (Å²) in [7, 11) is 0. The molecule has 0 unspecified atom stereocenters. The number of nitrogens with one attached hydrogen (secondary N) is 1. The molecule has 100 valence electrons. The zero-order valence-electron chi connectivity index (χ0n) is 9.96. The lowest BCUT2D eigenvalue weighted by Crippen LogP contribution is -2.19. The number of aryl methyl sites for hydroxylation is 1. The number of hydrogen-bond donors (Lipinski definition) is 1. The van der Waals surface area contributed by atoms with E-state index in [0.29, 0.717) is 24.2 Å². The Morgan fingerprint density at radius 3 is 2.58 bits per heavy atom. The molecule has 4 nitrogen and oxygen atoms in total. The minimum Gasteiger partial charge on any atom is -0.275 e. The molecule has 0 spiro atoms. The molecule has 0 aliphatic heterocycles. The molecule has 0 saturated carbocycles. The maximum absolute atomic E-state index is 13.1. The lowest BCUT2D eigenvalue weighted by atomic mass is 9.94. The van der Waals surface area contributed by atoms with Crippen LogP contribution in [-0.4, -0.2) is 20.2 Å². The maximum atomic E-state index is 13.1. The van der Waals surface area contributed by atoms with Gasteiger partial charge in [0.2, 0.25) is 0 Å². The van der Waals surface area contributed by atoms with Gasteiger partial charge in [-0.25, -0.2) is 9.97 Å². The number of alkyl halides is 3. The smallest absolute Gasteiger partial charge is 0.275 e. The van der Waals surface area contributed by atoms with Crippen LogP contribution in [-0.2, 0) is 19.0 Å². The van der Waals surface area contributed by atoms with Crippen molar-refractivity contribution in [3.05, 3.63) is 29.2 Å². The highest BCUT2D eigenvalue weighted by molar-refractivity contribution is 5.50. The van der Waals surface area contributed by atoms with Crippen molar-refractivity contribution in [2.24, 2.45) is 0 Å². The third kappa shape index (κ3) is 2.20. The molecular weight excluding hydrogens is 257 g/mol. The number of aromatic amines is 1. The molecule has 7 heteroatoms. The Labute approximate surface area is 107 Å². The molecule has 3 rings (SSSR count). The summed E-state index contributed by atoms with van der Waals surface area (Å²) >= 11 is 0. The average molecular weight is 268 g/mol. The van der Waals surface area contributed by atoms with Gasteiger partial charge in [0.25, 0.3) is 0 Å². The minimum absolute atomic E-state index is 0.0606. The lowest BCUT2D eigenvalue weighted by molar-refractivity contribution is -0.142. The molecule has 2 heterocycles. The molecular formula is C12H11F3N4. The van der Waals surface area contributed by atoms with Gasteiger partial charge >= 0.3 is 6.18 Å². The molecule has 2 aromatic heterocycles. The molecule has 1 aliphatic rings. The summed E-state index contributed by atoms with van der Waals surface area (Å²) in [6, 6.07) is 1.56. The van der Waals surface area contributed by atoms with Gasteiger partial charge < -0.3 is 0 Å². The molecule has 0 saturated heterocycles. The van der Waals surface area contributed by atoms with Crippen LogP contribution in [0.5, 0.6) is 0 Å². The van der Waals surface area contributed by atoms with Gasteiger partial charge in [0, 0.05) is 17.5 Å². The number of halogens is 3. The van der Waals surface area contributed by atoms with E-state index < -0.39 is 11.9 Å². The van der Waals surface area contributed by atoms with Gasteiger partial charge in [-0.05, 0) is 31.7 Å². The van der Waals surface area contributed by atoms with Gasteiger partial charge in [0.1, 0.15) is 5.69 Å². The van der Waals surface area contributed by atoms with E-state index in [4.69, 9.17) is 0 Å². The van der Waals surface area contributed by atoms with Crippen LogP contribution in [0.25, 0.3) is 11.5 Å². The molecule has 0 amide bonds. The second-order valence-electron chi connectivity index (χ2n) is 4.50. The number of H-pyrrole nitrogens is 1. The van der Waals surface area contributed by atoms with Crippen molar-refractivity contribution in [2.45, 2.75) is 31.9 Å². The topological polar surface area (TPSA) is 54.5 Å². The molecule has 0 radical (unpaired) electrons. The Morgan fingerprint density at radius 1 is 1.11 bits per heavy atom. The fraction of sp³-hybridized carbons (Fsp3) is 0.417. The van der Waals surface area contributed by atoms with Crippen LogP contribution < -0.4 is 0 Å². The summed E-state index contributed by atoms with van der Waals surface area (Å²) in [5, 5.41) is 6.31. The first kappa shape index (κ1) is 12.1. The fourth-order valence-corrected chi connectivity index (χ4v) is 2.33. The van der Waals surface area contributed by atoms with E-state index >= 15 is 0 Å². The van der Waals surface area contributed by atoms with Crippen molar-refractivity contribution in [2.75, 3.05) is 0 Å². The van der Waals surface area contributed by atoms with Crippen molar-refractivity contribution in [3.8, 4) is 11.5 Å². The van der Waals surface area contributed by atoms with Crippen LogP contribution >= 0.6 is 0 Å². The van der Waals surface area contributed by atoms with Crippen LogP contribution in [0, 0.1) is 0 Å². The van der Waals surface area contributed by atoms with Crippen molar-refractivity contribution in [3.63, 3.8) is 0 Å². The average Bonchev–Trinajstić information content (AvgIpc) is 2.90. The lowest BCUT2D eigenvalue weighted by Gasteiger charge is -2.20. The third-order valence-corrected chi connectivity index (χ3v) is 3.19. The van der Waals surface area contributed by atoms with Crippen molar-refractivity contribution in [1.82, 2.24) is 20.2 Å². The molecule has 0 atom stereocenters. The van der Waals surface area contributed by atoms with Crippen LogP contribution in [0.3, 0.4) is 0 Å². The van der Waals surface area contributed by atoms with Crippen molar-refractivity contribution in [1.29, 1.82) is 0 Å². The summed E-state index contributed by atoms with van der Waals surface area (Å²) in [6.45, 7) is 0. The van der Waals surface area contributed by atoms with Gasteiger partial charge in [0.05, 0.1) is 0 Å². The largest absolute Gasteiger partial charge is 0.433 e. The second kappa shape index (κ2) is 4.32. The number of nitrogens with zero attached hydrogens (tertiary/aromatic N) is 3. The number of aromatic nitrogens is 4. The maximum Gasteiger partial charge on any atom is 0.433 e. The van der Waals surface area contributed by atoms with Crippen molar-refractivity contribution < 1.29 is 13.2 Å². The molecule has 1 aliphatic carbocycles. The summed E-state index contributed by atoms with van der Waals surface area (Å²) < 4.78 is 39.2. The number of rotatable bonds is 1. The highest BCUT2D eigenvalue weighted by Crippen LogP contribution is 2.35. The van der Waals surface area contributed by atoms with E-state index in [1.54, 1.807) is 6.07 Å². The van der Waals surface area contributed by atoms with E-state index in [1.165, 1.54) is 6.20 Å². The summed E-state index contributed by atoms with van der Waals surface area (Å²) in [5.74, 6) is 0.0606. The molecule has 19 heavy (non-hydrogen) atoms. The zero-order chi connectivity index (χ0) is 13.5. The summed E-state index contributed by atoms with van der Waals surface area (Å²) in [6.07, 6.45) is -0.396. The Balaban J connectivity index is 2.19. The van der Waals surface area contributed by atoms with E-state index in [-0.39, 0.29) is 11.4 Å². The van der Waals surface area contributed by atoms with Gasteiger partial charge in [-0.15, -0.1) is 0 Å². The van der Waals surface area contributed by atoms with E-state index in [1.807, 2.05) is 0 Å². The zero-order valence-corrected chi connectivity index (χ0v) is 9.96. The molecule has 2 aromatic rings. The van der Waals surface area contributed by atoms with Crippen LogP contribution in [0.15, 0.2) is 12.3 Å². The van der Waals surface area contributed by atoms with Crippen LogP contribution in [0.2, 0.25) is 0 Å². The van der Waals surface area contributed by atoms with E-state index in [0.717, 1.165) is 12.8 Å². The van der Waals surface area contributed by atoms with Gasteiger partial charge in [-0.2, -0.15) is 18.3 Å². The second-order valence-corrected chi connectivity index (χ2v) is 4.50. The summed E-state index contributed by atoms with van der Waals surface area (Å²) in [4.78, 5) is 7.94. The van der Waals surface area contributed by atoms with Crippen molar-refractivity contribution >= 4 is 0 Å². The Hall–Kier alpha value is -1.92. The van der Waals surface area contributed by atoms with Gasteiger partial charge in [-0.3, -0.25) is 5.10 Å². The first-order valence-corrected chi connectivity index (χ1v) is 6.02. The minimum atomic E-state index is -4.45. The van der Waals surface area contributed by atoms with Crippen LogP contribution in [0.4, 0.5) is 13.2 Å². The quantitative estimate of drug-likeness (QED) is 0.865. The SMILES string of the molecule is FC(F)(F)c1nc(-c2ccn[nH]2)nc2c1CCCC2. The third-order valence-electron chi connectivity index (χ3n) is 3.19. The normalized spacial score (nSPS) is 15.3.